The normalized spacial score (nSPS) is 16.8. The number of hydrogen-bond acceptors (Lipinski definition) is 6. The molecule has 0 radical (unpaired) electrons. The molecule has 2 aliphatic heterocycles. The third kappa shape index (κ3) is 3.37. The van der Waals surface area contributed by atoms with Crippen LogP contribution in [-0.4, -0.2) is 30.1 Å². The van der Waals surface area contributed by atoms with Crippen LogP contribution >= 0.6 is 11.3 Å². The van der Waals surface area contributed by atoms with Crippen molar-refractivity contribution in [3.8, 4) is 11.5 Å². The number of fused-ring (bicyclic) bond motifs is 1. The maximum Gasteiger partial charge on any atom is 0.231 e. The first-order chi connectivity index (χ1) is 12.6. The Morgan fingerprint density at radius 3 is 3.04 bits per heavy atom. The summed E-state index contributed by atoms with van der Waals surface area (Å²) < 4.78 is 10.7. The Morgan fingerprint density at radius 1 is 1.38 bits per heavy atom. The standard InChI is InChI=1S/C18H19N3O4S/c1-11(12-4-5-14-15(7-12)25-10-24-14)19-16(22)8-13-9-26-18(20-13)21-6-2-3-17(21)23/h4-5,7,9,11H,2-3,6,8,10H2,1H3,(H,19,22)/t11-/m0/s1. The number of anilines is 1. The molecule has 1 saturated heterocycles. The number of rotatable bonds is 5. The van der Waals surface area contributed by atoms with E-state index in [1.165, 1.54) is 11.3 Å². The third-order valence-corrected chi connectivity index (χ3v) is 5.37. The average molecular weight is 373 g/mol. The van der Waals surface area contributed by atoms with Gasteiger partial charge in [0.05, 0.1) is 18.2 Å². The zero-order valence-electron chi connectivity index (χ0n) is 14.4. The Hall–Kier alpha value is -2.61. The molecule has 0 aliphatic carbocycles. The Kier molecular flexibility index (Phi) is 4.50. The zero-order chi connectivity index (χ0) is 18.1. The fourth-order valence-corrected chi connectivity index (χ4v) is 3.94. The number of amides is 2. The number of carbonyl (C=O) groups excluding carboxylic acids is 2. The molecule has 1 aromatic heterocycles. The van der Waals surface area contributed by atoms with Crippen molar-refractivity contribution in [2.45, 2.75) is 32.2 Å². The largest absolute Gasteiger partial charge is 0.454 e. The minimum Gasteiger partial charge on any atom is -0.454 e. The van der Waals surface area contributed by atoms with Gasteiger partial charge in [0, 0.05) is 18.3 Å². The van der Waals surface area contributed by atoms with E-state index in [1.807, 2.05) is 30.5 Å². The molecule has 26 heavy (non-hydrogen) atoms. The van der Waals surface area contributed by atoms with Crippen molar-refractivity contribution >= 4 is 28.3 Å². The van der Waals surface area contributed by atoms with E-state index in [0.717, 1.165) is 17.7 Å². The van der Waals surface area contributed by atoms with Crippen LogP contribution in [0.25, 0.3) is 0 Å². The number of aromatic nitrogens is 1. The van der Waals surface area contributed by atoms with Crippen LogP contribution in [0.5, 0.6) is 11.5 Å². The highest BCUT2D eigenvalue weighted by atomic mass is 32.1. The Labute approximate surface area is 154 Å². The Bertz CT molecular complexity index is 851. The highest BCUT2D eigenvalue weighted by Gasteiger charge is 2.24. The van der Waals surface area contributed by atoms with E-state index in [0.29, 0.717) is 29.5 Å². The van der Waals surface area contributed by atoms with Crippen LogP contribution in [0.2, 0.25) is 0 Å². The number of benzene rings is 1. The molecule has 1 N–H and O–H groups in total. The van der Waals surface area contributed by atoms with Crippen molar-refractivity contribution in [3.63, 3.8) is 0 Å². The molecule has 0 saturated carbocycles. The van der Waals surface area contributed by atoms with Crippen molar-refractivity contribution in [2.24, 2.45) is 0 Å². The molecule has 2 aliphatic rings. The minimum absolute atomic E-state index is 0.104. The lowest BCUT2D eigenvalue weighted by Crippen LogP contribution is -2.28. The van der Waals surface area contributed by atoms with Crippen LogP contribution < -0.4 is 19.7 Å². The fourth-order valence-electron chi connectivity index (χ4n) is 3.07. The van der Waals surface area contributed by atoms with E-state index >= 15 is 0 Å². The maximum absolute atomic E-state index is 12.3. The van der Waals surface area contributed by atoms with E-state index in [9.17, 15) is 9.59 Å². The first-order valence-electron chi connectivity index (χ1n) is 8.54. The Morgan fingerprint density at radius 2 is 2.23 bits per heavy atom. The van der Waals surface area contributed by atoms with Gasteiger partial charge in [-0.25, -0.2) is 4.98 Å². The van der Waals surface area contributed by atoms with Crippen molar-refractivity contribution in [1.29, 1.82) is 0 Å². The quantitative estimate of drug-likeness (QED) is 0.871. The number of thiazole rings is 1. The summed E-state index contributed by atoms with van der Waals surface area (Å²) >= 11 is 1.40. The van der Waals surface area contributed by atoms with E-state index in [-0.39, 0.29) is 31.1 Å². The van der Waals surface area contributed by atoms with Crippen LogP contribution in [0.1, 0.15) is 37.1 Å². The van der Waals surface area contributed by atoms with Gasteiger partial charge >= 0.3 is 0 Å². The predicted molar refractivity (Wildman–Crippen MR) is 96.5 cm³/mol. The molecule has 2 amide bonds. The summed E-state index contributed by atoms with van der Waals surface area (Å²) in [6.07, 6.45) is 1.62. The highest BCUT2D eigenvalue weighted by molar-refractivity contribution is 7.14. The molecule has 0 unspecified atom stereocenters. The van der Waals surface area contributed by atoms with Gasteiger partial charge in [0.1, 0.15) is 0 Å². The van der Waals surface area contributed by atoms with Crippen LogP contribution in [0.3, 0.4) is 0 Å². The lowest BCUT2D eigenvalue weighted by Gasteiger charge is -2.14. The molecule has 1 aromatic carbocycles. The van der Waals surface area contributed by atoms with Crippen LogP contribution in [0, 0.1) is 0 Å². The molecule has 7 nitrogen and oxygen atoms in total. The molecule has 2 aromatic rings. The average Bonchev–Trinajstić information content (AvgIpc) is 3.34. The molecule has 0 spiro atoms. The van der Waals surface area contributed by atoms with Crippen molar-refractivity contribution in [2.75, 3.05) is 18.2 Å². The van der Waals surface area contributed by atoms with E-state index in [1.54, 1.807) is 4.90 Å². The van der Waals surface area contributed by atoms with Crippen molar-refractivity contribution < 1.29 is 19.1 Å². The first-order valence-corrected chi connectivity index (χ1v) is 9.42. The fraction of sp³-hybridized carbons (Fsp3) is 0.389. The number of nitrogens with zero attached hydrogens (tertiary/aromatic N) is 2. The van der Waals surface area contributed by atoms with E-state index < -0.39 is 0 Å². The van der Waals surface area contributed by atoms with E-state index in [2.05, 4.69) is 10.3 Å². The molecule has 136 valence electrons. The van der Waals surface area contributed by atoms with Gasteiger partial charge in [-0.15, -0.1) is 11.3 Å². The number of nitrogens with one attached hydrogen (secondary N) is 1. The van der Waals surface area contributed by atoms with E-state index in [4.69, 9.17) is 9.47 Å². The molecular weight excluding hydrogens is 354 g/mol. The van der Waals surface area contributed by atoms with Gasteiger partial charge < -0.3 is 14.8 Å². The summed E-state index contributed by atoms with van der Waals surface area (Å²) in [7, 11) is 0. The topological polar surface area (TPSA) is 80.8 Å². The maximum atomic E-state index is 12.3. The summed E-state index contributed by atoms with van der Waals surface area (Å²) in [5, 5.41) is 5.49. The van der Waals surface area contributed by atoms with Gasteiger partial charge in [0.15, 0.2) is 16.6 Å². The van der Waals surface area contributed by atoms with Gasteiger partial charge in [0.2, 0.25) is 18.6 Å². The summed E-state index contributed by atoms with van der Waals surface area (Å²) in [6.45, 7) is 2.86. The molecule has 1 fully saturated rings. The second-order valence-corrected chi connectivity index (χ2v) is 7.19. The summed E-state index contributed by atoms with van der Waals surface area (Å²) in [5.41, 5.74) is 1.63. The molecule has 0 bridgehead atoms. The number of hydrogen-bond donors (Lipinski definition) is 1. The Balaban J connectivity index is 1.36. The van der Waals surface area contributed by atoms with Gasteiger partial charge in [-0.3, -0.25) is 14.5 Å². The van der Waals surface area contributed by atoms with Crippen LogP contribution in [0.4, 0.5) is 5.13 Å². The molecular formula is C18H19N3O4S. The monoisotopic (exact) mass is 373 g/mol. The van der Waals surface area contributed by atoms with Gasteiger partial charge in [-0.05, 0) is 31.0 Å². The molecule has 3 heterocycles. The molecule has 1 atom stereocenters. The first kappa shape index (κ1) is 16.8. The summed E-state index contributed by atoms with van der Waals surface area (Å²) in [4.78, 5) is 30.3. The van der Waals surface area contributed by atoms with Crippen molar-refractivity contribution in [3.05, 3.63) is 34.8 Å². The van der Waals surface area contributed by atoms with Crippen LogP contribution in [-0.2, 0) is 16.0 Å². The van der Waals surface area contributed by atoms with Gasteiger partial charge in [0.25, 0.3) is 0 Å². The van der Waals surface area contributed by atoms with Gasteiger partial charge in [-0.2, -0.15) is 0 Å². The number of ether oxygens (including phenoxy) is 2. The minimum atomic E-state index is -0.157. The van der Waals surface area contributed by atoms with Crippen LogP contribution in [0.15, 0.2) is 23.6 Å². The predicted octanol–water partition coefficient (Wildman–Crippen LogP) is 2.42. The third-order valence-electron chi connectivity index (χ3n) is 4.46. The highest BCUT2D eigenvalue weighted by Crippen LogP contribution is 2.34. The molecule has 4 rings (SSSR count). The number of carbonyl (C=O) groups is 2. The summed E-state index contributed by atoms with van der Waals surface area (Å²) in [6, 6.07) is 5.49. The van der Waals surface area contributed by atoms with Crippen molar-refractivity contribution in [1.82, 2.24) is 10.3 Å². The van der Waals surface area contributed by atoms with Gasteiger partial charge in [-0.1, -0.05) is 6.07 Å². The summed E-state index contributed by atoms with van der Waals surface area (Å²) in [5.74, 6) is 1.41. The molecule has 8 heteroatoms. The zero-order valence-corrected chi connectivity index (χ0v) is 15.2. The second kappa shape index (κ2) is 6.95. The lowest BCUT2D eigenvalue weighted by atomic mass is 10.1. The SMILES string of the molecule is C[C@H](NC(=O)Cc1csc(N2CCCC2=O)n1)c1ccc2c(c1)OCO2. The smallest absolute Gasteiger partial charge is 0.231 e. The lowest BCUT2D eigenvalue weighted by molar-refractivity contribution is -0.121. The second-order valence-electron chi connectivity index (χ2n) is 6.35.